The van der Waals surface area contributed by atoms with E-state index in [0.29, 0.717) is 6.54 Å². The Morgan fingerprint density at radius 2 is 2.15 bits per heavy atom. The van der Waals surface area contributed by atoms with Gasteiger partial charge in [-0.3, -0.25) is 14.6 Å². The highest BCUT2D eigenvalue weighted by atomic mass is 79.9. The van der Waals surface area contributed by atoms with E-state index in [4.69, 9.17) is 0 Å². The van der Waals surface area contributed by atoms with Crippen LogP contribution >= 0.6 is 15.9 Å². The van der Waals surface area contributed by atoms with Crippen LogP contribution in [0.25, 0.3) is 10.9 Å². The fraction of sp³-hybridized carbons (Fsp3) is 0.222. The molecule has 0 amide bonds. The van der Waals surface area contributed by atoms with Gasteiger partial charge in [-0.2, -0.15) is 0 Å². The molecule has 0 aliphatic rings. The normalized spacial score (nSPS) is 10.8. The van der Waals surface area contributed by atoms with Crippen molar-refractivity contribution in [2.75, 3.05) is 5.33 Å². The summed E-state index contributed by atoms with van der Waals surface area (Å²) in [6, 6.07) is 7.52. The topological polar surface area (TPSA) is 37.8 Å². The highest BCUT2D eigenvalue weighted by Crippen LogP contribution is 2.05. The van der Waals surface area contributed by atoms with E-state index in [2.05, 4.69) is 21.0 Å². The second-order valence-electron chi connectivity index (χ2n) is 2.80. The van der Waals surface area contributed by atoms with Gasteiger partial charge in [0.2, 0.25) is 0 Å². The third-order valence-corrected chi connectivity index (χ3v) is 2.32. The monoisotopic (exact) mass is 240 g/mol. The molecule has 1 heterocycles. The number of alkyl halides is 1. The van der Waals surface area contributed by atoms with Crippen molar-refractivity contribution in [3.05, 3.63) is 34.6 Å². The van der Waals surface area contributed by atoms with E-state index in [1.54, 1.807) is 4.68 Å². The molecule has 4 heteroatoms. The lowest BCUT2D eigenvalue weighted by Crippen LogP contribution is -2.16. The van der Waals surface area contributed by atoms with Gasteiger partial charge in [0, 0.05) is 5.33 Å². The predicted octanol–water partition coefficient (Wildman–Crippen LogP) is 1.72. The van der Waals surface area contributed by atoms with Gasteiger partial charge < -0.3 is 0 Å². The third-order valence-electron chi connectivity index (χ3n) is 1.97. The van der Waals surface area contributed by atoms with Gasteiger partial charge in [0.15, 0.2) is 0 Å². The van der Waals surface area contributed by atoms with E-state index in [0.717, 1.165) is 16.2 Å². The summed E-state index contributed by atoms with van der Waals surface area (Å²) >= 11 is 3.30. The molecule has 0 radical (unpaired) electrons. The fourth-order valence-electron chi connectivity index (χ4n) is 1.35. The Morgan fingerprint density at radius 1 is 1.38 bits per heavy atom. The van der Waals surface area contributed by atoms with Crippen molar-refractivity contribution >= 4 is 26.8 Å². The van der Waals surface area contributed by atoms with Crippen molar-refractivity contribution in [1.29, 1.82) is 0 Å². The Morgan fingerprint density at radius 3 is 2.85 bits per heavy atom. The molecule has 13 heavy (non-hydrogen) atoms. The molecule has 1 aromatic carbocycles. The number of aromatic amines is 1. The zero-order chi connectivity index (χ0) is 9.26. The highest BCUT2D eigenvalue weighted by molar-refractivity contribution is 9.09. The molecule has 0 unspecified atom stereocenters. The zero-order valence-corrected chi connectivity index (χ0v) is 8.54. The number of aromatic nitrogens is 2. The summed E-state index contributed by atoms with van der Waals surface area (Å²) in [7, 11) is 0. The van der Waals surface area contributed by atoms with Crippen LogP contribution in [-0.2, 0) is 6.54 Å². The maximum absolute atomic E-state index is 11.6. The minimum atomic E-state index is 0.0510. The first-order chi connectivity index (χ1) is 6.33. The van der Waals surface area contributed by atoms with Gasteiger partial charge in [-0.15, -0.1) is 0 Å². The number of para-hydroxylation sites is 1. The standard InChI is InChI=1S/C9H9BrN2O/c10-5-6-12-9(13)7-3-1-2-4-8(7)11-12/h1-4,11H,5-6H2. The number of fused-ring (bicyclic) bond motifs is 1. The molecule has 2 rings (SSSR count). The molecule has 0 aliphatic heterocycles. The van der Waals surface area contributed by atoms with Crippen LogP contribution in [0, 0.1) is 0 Å². The molecule has 0 aliphatic carbocycles. The van der Waals surface area contributed by atoms with Crippen molar-refractivity contribution in [3.8, 4) is 0 Å². The Bertz CT molecular complexity index is 472. The van der Waals surface area contributed by atoms with E-state index in [1.807, 2.05) is 24.3 Å². The van der Waals surface area contributed by atoms with Crippen LogP contribution in [0.1, 0.15) is 0 Å². The quantitative estimate of drug-likeness (QED) is 0.798. The fourth-order valence-corrected chi connectivity index (χ4v) is 1.71. The van der Waals surface area contributed by atoms with E-state index in [1.165, 1.54) is 0 Å². The lowest BCUT2D eigenvalue weighted by molar-refractivity contribution is 0.655. The Labute approximate surface area is 83.5 Å². The van der Waals surface area contributed by atoms with Crippen molar-refractivity contribution < 1.29 is 0 Å². The molecule has 0 fully saturated rings. The second-order valence-corrected chi connectivity index (χ2v) is 3.60. The summed E-state index contributed by atoms with van der Waals surface area (Å²) in [4.78, 5) is 11.6. The number of nitrogens with zero attached hydrogens (tertiary/aromatic N) is 1. The Balaban J connectivity index is 2.67. The molecule has 0 atom stereocenters. The number of H-pyrrole nitrogens is 1. The molecular weight excluding hydrogens is 232 g/mol. The first kappa shape index (κ1) is 8.56. The molecule has 3 nitrogen and oxygen atoms in total. The van der Waals surface area contributed by atoms with Gasteiger partial charge in [0.25, 0.3) is 5.56 Å². The smallest absolute Gasteiger partial charge is 0.274 e. The average molecular weight is 241 g/mol. The molecular formula is C9H9BrN2O. The van der Waals surface area contributed by atoms with Crippen LogP contribution in [-0.4, -0.2) is 15.1 Å². The number of halogens is 1. The van der Waals surface area contributed by atoms with Crippen molar-refractivity contribution in [1.82, 2.24) is 9.78 Å². The summed E-state index contributed by atoms with van der Waals surface area (Å²) in [6.45, 7) is 0.674. The van der Waals surface area contributed by atoms with Gasteiger partial charge in [0.05, 0.1) is 17.4 Å². The predicted molar refractivity (Wildman–Crippen MR) is 56.4 cm³/mol. The van der Waals surface area contributed by atoms with Gasteiger partial charge >= 0.3 is 0 Å². The van der Waals surface area contributed by atoms with Crippen LogP contribution < -0.4 is 5.56 Å². The van der Waals surface area contributed by atoms with Gasteiger partial charge in [-0.25, -0.2) is 0 Å². The summed E-state index contributed by atoms with van der Waals surface area (Å²) < 4.78 is 1.61. The van der Waals surface area contributed by atoms with Crippen LogP contribution in [0.2, 0.25) is 0 Å². The van der Waals surface area contributed by atoms with Crippen LogP contribution in [0.3, 0.4) is 0 Å². The summed E-state index contributed by atoms with van der Waals surface area (Å²) in [6.07, 6.45) is 0. The minimum Gasteiger partial charge on any atom is -0.295 e. The minimum absolute atomic E-state index is 0.0510. The van der Waals surface area contributed by atoms with E-state index < -0.39 is 0 Å². The third kappa shape index (κ3) is 1.42. The number of nitrogens with one attached hydrogen (secondary N) is 1. The molecule has 1 N–H and O–H groups in total. The van der Waals surface area contributed by atoms with E-state index in [9.17, 15) is 4.79 Å². The SMILES string of the molecule is O=c1c2ccccc2[nH]n1CCBr. The maximum atomic E-state index is 11.6. The largest absolute Gasteiger partial charge is 0.295 e. The molecule has 0 saturated carbocycles. The Hall–Kier alpha value is -1.03. The van der Waals surface area contributed by atoms with E-state index in [-0.39, 0.29) is 5.56 Å². The van der Waals surface area contributed by atoms with Crippen molar-refractivity contribution in [2.24, 2.45) is 0 Å². The molecule has 2 aromatic rings. The van der Waals surface area contributed by atoms with Crippen LogP contribution in [0.5, 0.6) is 0 Å². The zero-order valence-electron chi connectivity index (χ0n) is 6.96. The number of benzene rings is 1. The highest BCUT2D eigenvalue weighted by Gasteiger charge is 2.03. The number of rotatable bonds is 2. The summed E-state index contributed by atoms with van der Waals surface area (Å²) in [5, 5.41) is 4.57. The van der Waals surface area contributed by atoms with Crippen LogP contribution in [0.4, 0.5) is 0 Å². The molecule has 68 valence electrons. The summed E-state index contributed by atoms with van der Waals surface area (Å²) in [5.74, 6) is 0. The number of aryl methyl sites for hydroxylation is 1. The van der Waals surface area contributed by atoms with Crippen LogP contribution in [0.15, 0.2) is 29.1 Å². The molecule has 0 bridgehead atoms. The van der Waals surface area contributed by atoms with Gasteiger partial charge in [-0.1, -0.05) is 28.1 Å². The maximum Gasteiger partial charge on any atom is 0.274 e. The Kier molecular flexibility index (Phi) is 2.22. The number of hydrogen-bond donors (Lipinski definition) is 1. The van der Waals surface area contributed by atoms with Gasteiger partial charge in [0.1, 0.15) is 0 Å². The lowest BCUT2D eigenvalue weighted by Gasteiger charge is -1.93. The summed E-state index contributed by atoms with van der Waals surface area (Å²) in [5.41, 5.74) is 0.948. The average Bonchev–Trinajstić information content (AvgIpc) is 2.46. The molecule has 0 spiro atoms. The second kappa shape index (κ2) is 3.38. The number of hydrogen-bond acceptors (Lipinski definition) is 1. The lowest BCUT2D eigenvalue weighted by atomic mass is 10.3. The first-order valence-corrected chi connectivity index (χ1v) is 5.18. The first-order valence-electron chi connectivity index (χ1n) is 4.06. The van der Waals surface area contributed by atoms with Crippen molar-refractivity contribution in [2.45, 2.75) is 6.54 Å². The molecule has 1 aromatic heterocycles. The molecule has 0 saturated heterocycles. The van der Waals surface area contributed by atoms with E-state index >= 15 is 0 Å². The van der Waals surface area contributed by atoms with Gasteiger partial charge in [-0.05, 0) is 12.1 Å². The van der Waals surface area contributed by atoms with Crippen molar-refractivity contribution in [3.63, 3.8) is 0 Å².